The minimum absolute atomic E-state index is 0.398. The van der Waals surface area contributed by atoms with E-state index in [0.29, 0.717) is 23.4 Å². The van der Waals surface area contributed by atoms with Crippen LogP contribution >= 0.6 is 0 Å². The molecule has 0 radical (unpaired) electrons. The maximum atomic E-state index is 5.14. The molecule has 0 aliphatic heterocycles. The van der Waals surface area contributed by atoms with E-state index in [9.17, 15) is 0 Å². The summed E-state index contributed by atoms with van der Waals surface area (Å²) in [4.78, 5) is 20.1. The van der Waals surface area contributed by atoms with Gasteiger partial charge in [0.2, 0.25) is 0 Å². The topological polar surface area (TPSA) is 61.4 Å². The molecule has 0 fully saturated rings. The van der Waals surface area contributed by atoms with Gasteiger partial charge in [0.25, 0.3) is 0 Å². The number of nitrogens with zero attached hydrogens (tertiary/aromatic N) is 6. The maximum Gasteiger partial charge on any atom is 0.164 e. The highest BCUT2D eigenvalue weighted by molar-refractivity contribution is 6.20. The number of rotatable bonds is 7. The SMILES string of the molecule is CC1C=Cc2c(n(-c3ccc(-c4nc(-c5ccccc5)nc(-c5ccccc5)n4)cc3)c3ccc4c5ccccc5n(-c5cccc(-c6cccc(-c7ccccc7)n6)c5)c4c23)C1. The number of hydrogen-bond acceptors (Lipinski definition) is 4. The molecule has 0 N–H and O–H groups in total. The Morgan fingerprint density at radius 2 is 1.00 bits per heavy atom. The minimum atomic E-state index is 0.398. The Morgan fingerprint density at radius 1 is 0.429 bits per heavy atom. The van der Waals surface area contributed by atoms with Crippen LogP contribution in [0.25, 0.3) is 107 Å². The molecular weight excluding hydrogens is 769 g/mol. The molecule has 0 saturated heterocycles. The highest BCUT2D eigenvalue weighted by Crippen LogP contribution is 2.44. The minimum Gasteiger partial charge on any atom is -0.313 e. The first kappa shape index (κ1) is 36.6. The number of benzene rings is 7. The lowest BCUT2D eigenvalue weighted by Gasteiger charge is -2.17. The summed E-state index contributed by atoms with van der Waals surface area (Å²) in [5.41, 5.74) is 15.2. The zero-order chi connectivity index (χ0) is 41.9. The molecule has 11 aromatic rings. The largest absolute Gasteiger partial charge is 0.313 e. The summed E-state index contributed by atoms with van der Waals surface area (Å²) in [6, 6.07) is 67.9. The highest BCUT2D eigenvalue weighted by Gasteiger charge is 2.26. The van der Waals surface area contributed by atoms with Gasteiger partial charge in [0, 0.05) is 66.6 Å². The Morgan fingerprint density at radius 3 is 1.68 bits per heavy atom. The Bertz CT molecular complexity index is 3470. The normalized spacial score (nSPS) is 13.5. The van der Waals surface area contributed by atoms with E-state index in [1.807, 2.05) is 66.7 Å². The van der Waals surface area contributed by atoms with E-state index in [2.05, 4.69) is 156 Å². The van der Waals surface area contributed by atoms with Crippen molar-refractivity contribution in [2.75, 3.05) is 0 Å². The lowest BCUT2D eigenvalue weighted by Crippen LogP contribution is -2.08. The second-order valence-corrected chi connectivity index (χ2v) is 16.4. The Kier molecular flexibility index (Phi) is 8.75. The van der Waals surface area contributed by atoms with E-state index < -0.39 is 0 Å². The molecule has 4 heterocycles. The fourth-order valence-electron chi connectivity index (χ4n) is 9.35. The Hall–Kier alpha value is -8.22. The molecule has 1 aliphatic rings. The number of para-hydroxylation sites is 1. The summed E-state index contributed by atoms with van der Waals surface area (Å²) in [6.45, 7) is 2.30. The monoisotopic (exact) mass is 808 g/mol. The lowest BCUT2D eigenvalue weighted by atomic mass is 9.94. The summed E-state index contributed by atoms with van der Waals surface area (Å²) in [6.07, 6.45) is 5.65. The van der Waals surface area contributed by atoms with E-state index in [-0.39, 0.29) is 0 Å². The molecule has 0 bridgehead atoms. The summed E-state index contributed by atoms with van der Waals surface area (Å²) in [5.74, 6) is 2.34. The predicted octanol–water partition coefficient (Wildman–Crippen LogP) is 13.8. The Labute approximate surface area is 365 Å². The quantitative estimate of drug-likeness (QED) is 0.161. The van der Waals surface area contributed by atoms with Crippen molar-refractivity contribution in [1.29, 1.82) is 0 Å². The molecule has 7 aromatic carbocycles. The van der Waals surface area contributed by atoms with Crippen LogP contribution in [0.2, 0.25) is 0 Å². The molecule has 0 spiro atoms. The van der Waals surface area contributed by atoms with Gasteiger partial charge in [-0.15, -0.1) is 0 Å². The standard InChI is InChI=1S/C57H40N6/c1-37-27-32-47-52(35-37)62(43-30-28-41(29-31-43)57-60-55(39-17-7-3-8-18-39)59-56(61-57)40-19-9-4-10-20-40)51-34-33-46-45-23-11-12-26-50(45)63(54(46)53(47)51)44-22-13-21-42(36-44)49-25-14-24-48(58-49)38-15-5-2-6-16-38/h2-34,36-37H,35H2,1H3. The van der Waals surface area contributed by atoms with E-state index in [1.165, 1.54) is 44.0 Å². The summed E-state index contributed by atoms with van der Waals surface area (Å²) >= 11 is 0. The van der Waals surface area contributed by atoms with E-state index >= 15 is 0 Å². The van der Waals surface area contributed by atoms with Crippen molar-refractivity contribution in [3.05, 3.63) is 211 Å². The molecule has 6 nitrogen and oxygen atoms in total. The van der Waals surface area contributed by atoms with Crippen LogP contribution in [0.1, 0.15) is 18.2 Å². The summed E-state index contributed by atoms with van der Waals surface area (Å²) in [5, 5.41) is 3.71. The van der Waals surface area contributed by atoms with Gasteiger partial charge in [-0.05, 0) is 73.0 Å². The fourth-order valence-corrected chi connectivity index (χ4v) is 9.35. The number of aromatic nitrogens is 6. The third kappa shape index (κ3) is 6.34. The average Bonchev–Trinajstić information content (AvgIpc) is 3.87. The fraction of sp³-hybridized carbons (Fsp3) is 0.0526. The van der Waals surface area contributed by atoms with Gasteiger partial charge < -0.3 is 9.13 Å². The molecule has 0 amide bonds. The van der Waals surface area contributed by atoms with Gasteiger partial charge in [0.05, 0.1) is 27.9 Å². The van der Waals surface area contributed by atoms with Gasteiger partial charge in [0.15, 0.2) is 17.5 Å². The third-order valence-electron chi connectivity index (χ3n) is 12.3. The third-order valence-corrected chi connectivity index (χ3v) is 12.3. The van der Waals surface area contributed by atoms with Crippen LogP contribution < -0.4 is 0 Å². The molecule has 0 saturated carbocycles. The van der Waals surface area contributed by atoms with Crippen molar-refractivity contribution in [3.8, 4) is 68.1 Å². The van der Waals surface area contributed by atoms with Crippen molar-refractivity contribution >= 4 is 38.8 Å². The van der Waals surface area contributed by atoms with Crippen LogP contribution in [-0.4, -0.2) is 29.1 Å². The van der Waals surface area contributed by atoms with Gasteiger partial charge >= 0.3 is 0 Å². The van der Waals surface area contributed by atoms with Gasteiger partial charge in [-0.1, -0.05) is 153 Å². The molecule has 12 rings (SSSR count). The van der Waals surface area contributed by atoms with Crippen molar-refractivity contribution < 1.29 is 0 Å². The van der Waals surface area contributed by atoms with Gasteiger partial charge in [-0.25, -0.2) is 19.9 Å². The maximum absolute atomic E-state index is 5.14. The number of hydrogen-bond donors (Lipinski definition) is 0. The van der Waals surface area contributed by atoms with Crippen molar-refractivity contribution in [2.45, 2.75) is 13.3 Å². The summed E-state index contributed by atoms with van der Waals surface area (Å²) in [7, 11) is 0. The number of pyridine rings is 1. The first-order valence-corrected chi connectivity index (χ1v) is 21.5. The van der Waals surface area contributed by atoms with Gasteiger partial charge in [-0.2, -0.15) is 0 Å². The average molecular weight is 809 g/mol. The zero-order valence-corrected chi connectivity index (χ0v) is 34.6. The number of allylic oxidation sites excluding steroid dienone is 1. The molecule has 6 heteroatoms. The highest BCUT2D eigenvalue weighted by atomic mass is 15.0. The summed E-state index contributed by atoms with van der Waals surface area (Å²) < 4.78 is 4.94. The zero-order valence-electron chi connectivity index (χ0n) is 34.6. The molecule has 1 unspecified atom stereocenters. The molecular formula is C57H40N6. The van der Waals surface area contributed by atoms with Crippen LogP contribution in [0.5, 0.6) is 0 Å². The van der Waals surface area contributed by atoms with Gasteiger partial charge in [-0.3, -0.25) is 0 Å². The lowest BCUT2D eigenvalue weighted by molar-refractivity contribution is 0.690. The molecule has 4 aromatic heterocycles. The van der Waals surface area contributed by atoms with Gasteiger partial charge in [0.1, 0.15) is 0 Å². The van der Waals surface area contributed by atoms with Crippen LogP contribution in [0, 0.1) is 5.92 Å². The first-order chi connectivity index (χ1) is 31.1. The second kappa shape index (κ2) is 15.0. The van der Waals surface area contributed by atoms with Crippen molar-refractivity contribution in [3.63, 3.8) is 0 Å². The van der Waals surface area contributed by atoms with Crippen LogP contribution in [0.4, 0.5) is 0 Å². The van der Waals surface area contributed by atoms with E-state index in [4.69, 9.17) is 19.9 Å². The smallest absolute Gasteiger partial charge is 0.164 e. The van der Waals surface area contributed by atoms with Crippen LogP contribution in [0.15, 0.2) is 200 Å². The van der Waals surface area contributed by atoms with Crippen molar-refractivity contribution in [2.24, 2.45) is 5.92 Å². The Balaban J connectivity index is 1.02. The molecule has 298 valence electrons. The van der Waals surface area contributed by atoms with E-state index in [0.717, 1.165) is 57.0 Å². The predicted molar refractivity (Wildman–Crippen MR) is 258 cm³/mol. The molecule has 1 aliphatic carbocycles. The molecule has 1 atom stereocenters. The van der Waals surface area contributed by atoms with E-state index in [1.54, 1.807) is 0 Å². The number of fused-ring (bicyclic) bond motifs is 7. The first-order valence-electron chi connectivity index (χ1n) is 21.5. The molecule has 63 heavy (non-hydrogen) atoms. The van der Waals surface area contributed by atoms with Crippen LogP contribution in [0.3, 0.4) is 0 Å². The van der Waals surface area contributed by atoms with Crippen LogP contribution in [-0.2, 0) is 6.42 Å². The second-order valence-electron chi connectivity index (χ2n) is 16.4. The van der Waals surface area contributed by atoms with Crippen molar-refractivity contribution in [1.82, 2.24) is 29.1 Å².